The minimum absolute atomic E-state index is 0.184. The number of ether oxygens (including phenoxy) is 1. The van der Waals surface area contributed by atoms with Crippen molar-refractivity contribution in [3.8, 4) is 11.5 Å². The fourth-order valence-corrected chi connectivity index (χ4v) is 1.48. The fraction of sp³-hybridized carbons (Fsp3) is 0.429. The lowest BCUT2D eigenvalue weighted by Crippen LogP contribution is -2.41. The van der Waals surface area contributed by atoms with Gasteiger partial charge in [-0.2, -0.15) is 0 Å². The summed E-state index contributed by atoms with van der Waals surface area (Å²) < 4.78 is 5.05. The molecule has 0 heterocycles. The number of carbonyl (C=O) groups is 2. The van der Waals surface area contributed by atoms with Crippen LogP contribution in [-0.4, -0.2) is 33.7 Å². The molecule has 0 spiro atoms. The van der Waals surface area contributed by atoms with E-state index in [1.54, 1.807) is 20.8 Å². The zero-order chi connectivity index (χ0) is 15.5. The summed E-state index contributed by atoms with van der Waals surface area (Å²) in [6, 6.07) is 2.91. The van der Waals surface area contributed by atoms with E-state index >= 15 is 0 Å². The molecule has 0 radical (unpaired) electrons. The van der Waals surface area contributed by atoms with Gasteiger partial charge < -0.3 is 20.3 Å². The van der Waals surface area contributed by atoms with Crippen LogP contribution in [0.4, 0.5) is 4.79 Å². The van der Waals surface area contributed by atoms with Crippen LogP contribution in [0.25, 0.3) is 0 Å². The van der Waals surface area contributed by atoms with E-state index in [9.17, 15) is 19.8 Å². The number of alkyl carbamates (subject to hydrolysis) is 1. The van der Waals surface area contributed by atoms with Gasteiger partial charge in [-0.15, -0.1) is 0 Å². The Labute approximate surface area is 117 Å². The molecule has 0 fully saturated rings. The molecule has 0 saturated carbocycles. The molecule has 0 bridgehead atoms. The van der Waals surface area contributed by atoms with Crippen LogP contribution in [-0.2, 0) is 4.74 Å². The Kier molecular flexibility index (Phi) is 4.60. The number of benzene rings is 1. The van der Waals surface area contributed by atoms with Crippen molar-refractivity contribution < 1.29 is 24.5 Å². The van der Waals surface area contributed by atoms with Crippen LogP contribution in [0.1, 0.15) is 38.1 Å². The minimum atomic E-state index is -0.811. The molecular formula is C14H19NO5. The first kappa shape index (κ1) is 15.8. The first-order valence-corrected chi connectivity index (χ1v) is 6.16. The largest absolute Gasteiger partial charge is 0.504 e. The smallest absolute Gasteiger partial charge is 0.408 e. The number of Topliss-reactive ketones (excluding diaryl/α,β-unsaturated/α-hetero) is 1. The predicted molar refractivity (Wildman–Crippen MR) is 72.9 cm³/mol. The summed E-state index contributed by atoms with van der Waals surface area (Å²) in [5.41, 5.74) is -0.465. The number of ketones is 1. The zero-order valence-electron chi connectivity index (χ0n) is 11.9. The molecule has 1 aromatic carbocycles. The highest BCUT2D eigenvalue weighted by molar-refractivity contribution is 6.01. The molecule has 0 saturated heterocycles. The average Bonchev–Trinajstić information content (AvgIpc) is 2.29. The highest BCUT2D eigenvalue weighted by Gasteiger charge is 2.22. The van der Waals surface area contributed by atoms with Crippen molar-refractivity contribution in [3.63, 3.8) is 0 Å². The van der Waals surface area contributed by atoms with E-state index in [-0.39, 0.29) is 17.1 Å². The predicted octanol–water partition coefficient (Wildman–Crippen LogP) is 2.19. The molecule has 20 heavy (non-hydrogen) atoms. The third kappa shape index (κ3) is 4.46. The number of hydrogen-bond acceptors (Lipinski definition) is 5. The molecule has 1 rings (SSSR count). The SMILES string of the molecule is C[C@H](NC(=O)OC(C)(C)C)C(=O)c1ccc(O)c(O)c1. The summed E-state index contributed by atoms with van der Waals surface area (Å²) in [6.45, 7) is 6.67. The molecular weight excluding hydrogens is 262 g/mol. The Morgan fingerprint density at radius 1 is 1.20 bits per heavy atom. The highest BCUT2D eigenvalue weighted by Crippen LogP contribution is 2.25. The van der Waals surface area contributed by atoms with Gasteiger partial charge in [0.25, 0.3) is 0 Å². The molecule has 0 aliphatic carbocycles. The summed E-state index contributed by atoms with van der Waals surface area (Å²) in [7, 11) is 0. The summed E-state index contributed by atoms with van der Waals surface area (Å²) in [6.07, 6.45) is -0.693. The van der Waals surface area contributed by atoms with Crippen molar-refractivity contribution in [1.82, 2.24) is 5.32 Å². The first-order chi connectivity index (χ1) is 9.10. The van der Waals surface area contributed by atoms with Crippen LogP contribution >= 0.6 is 0 Å². The summed E-state index contributed by atoms with van der Waals surface area (Å²) in [5.74, 6) is -1.10. The van der Waals surface area contributed by atoms with Gasteiger partial charge in [0, 0.05) is 5.56 Å². The van der Waals surface area contributed by atoms with Gasteiger partial charge in [0.1, 0.15) is 5.60 Å². The van der Waals surface area contributed by atoms with Crippen molar-refractivity contribution in [3.05, 3.63) is 23.8 Å². The lowest BCUT2D eigenvalue weighted by Gasteiger charge is -2.21. The molecule has 1 aromatic rings. The molecule has 0 aliphatic rings. The number of amides is 1. The molecule has 110 valence electrons. The van der Waals surface area contributed by atoms with Gasteiger partial charge in [-0.25, -0.2) is 4.79 Å². The standard InChI is InChI=1S/C14H19NO5/c1-8(15-13(19)20-14(2,3)4)12(18)9-5-6-10(16)11(17)7-9/h5-8,16-17H,1-4H3,(H,15,19)/t8-/m0/s1. The lowest BCUT2D eigenvalue weighted by atomic mass is 10.1. The van der Waals surface area contributed by atoms with E-state index in [0.717, 1.165) is 6.07 Å². The number of rotatable bonds is 3. The number of phenolic OH excluding ortho intramolecular Hbond substituents is 2. The van der Waals surface area contributed by atoms with Gasteiger partial charge >= 0.3 is 6.09 Å². The number of phenols is 2. The molecule has 6 nitrogen and oxygen atoms in total. The second kappa shape index (κ2) is 5.81. The molecule has 0 aromatic heterocycles. The molecule has 0 unspecified atom stereocenters. The van der Waals surface area contributed by atoms with Crippen molar-refractivity contribution in [1.29, 1.82) is 0 Å². The van der Waals surface area contributed by atoms with E-state index in [2.05, 4.69) is 5.32 Å². The number of carbonyl (C=O) groups excluding carboxylic acids is 2. The van der Waals surface area contributed by atoms with Gasteiger partial charge in [0.05, 0.1) is 6.04 Å². The fourth-order valence-electron chi connectivity index (χ4n) is 1.48. The Bertz CT molecular complexity index is 519. The van der Waals surface area contributed by atoms with E-state index < -0.39 is 23.5 Å². The van der Waals surface area contributed by atoms with Crippen LogP contribution in [0.15, 0.2) is 18.2 Å². The lowest BCUT2D eigenvalue weighted by molar-refractivity contribution is 0.0496. The van der Waals surface area contributed by atoms with Crippen molar-refractivity contribution in [2.24, 2.45) is 0 Å². The topological polar surface area (TPSA) is 95.9 Å². The van der Waals surface area contributed by atoms with Crippen LogP contribution < -0.4 is 5.32 Å². The Hall–Kier alpha value is -2.24. The third-order valence-electron chi connectivity index (χ3n) is 2.39. The molecule has 0 aliphatic heterocycles. The maximum atomic E-state index is 12.0. The first-order valence-electron chi connectivity index (χ1n) is 6.16. The maximum Gasteiger partial charge on any atom is 0.408 e. The minimum Gasteiger partial charge on any atom is -0.504 e. The maximum absolute atomic E-state index is 12.0. The second-order valence-electron chi connectivity index (χ2n) is 5.44. The molecule has 3 N–H and O–H groups in total. The number of nitrogens with one attached hydrogen (secondary N) is 1. The van der Waals surface area contributed by atoms with Gasteiger partial charge in [-0.1, -0.05) is 0 Å². The second-order valence-corrected chi connectivity index (χ2v) is 5.44. The van der Waals surface area contributed by atoms with Gasteiger partial charge in [0.15, 0.2) is 17.3 Å². The normalized spacial score (nSPS) is 12.6. The van der Waals surface area contributed by atoms with Crippen molar-refractivity contribution in [2.45, 2.75) is 39.3 Å². The van der Waals surface area contributed by atoms with Crippen molar-refractivity contribution >= 4 is 11.9 Å². The van der Waals surface area contributed by atoms with Crippen LogP contribution in [0, 0.1) is 0 Å². The number of aromatic hydroxyl groups is 2. The van der Waals surface area contributed by atoms with E-state index in [0.29, 0.717) is 0 Å². The van der Waals surface area contributed by atoms with Crippen molar-refractivity contribution in [2.75, 3.05) is 0 Å². The average molecular weight is 281 g/mol. The monoisotopic (exact) mass is 281 g/mol. The highest BCUT2D eigenvalue weighted by atomic mass is 16.6. The summed E-state index contributed by atoms with van der Waals surface area (Å²) in [4.78, 5) is 23.6. The van der Waals surface area contributed by atoms with E-state index in [1.807, 2.05) is 0 Å². The molecule has 1 amide bonds. The number of hydrogen-bond donors (Lipinski definition) is 3. The third-order valence-corrected chi connectivity index (χ3v) is 2.39. The van der Waals surface area contributed by atoms with Crippen LogP contribution in [0.5, 0.6) is 11.5 Å². The van der Waals surface area contributed by atoms with Gasteiger partial charge in [-0.3, -0.25) is 4.79 Å². The van der Waals surface area contributed by atoms with Crippen LogP contribution in [0.3, 0.4) is 0 Å². The van der Waals surface area contributed by atoms with Gasteiger partial charge in [0.2, 0.25) is 0 Å². The Balaban J connectivity index is 2.72. The molecule has 1 atom stereocenters. The van der Waals surface area contributed by atoms with Gasteiger partial charge in [-0.05, 0) is 45.9 Å². The Morgan fingerprint density at radius 3 is 2.30 bits per heavy atom. The quantitative estimate of drug-likeness (QED) is 0.583. The van der Waals surface area contributed by atoms with Crippen LogP contribution in [0.2, 0.25) is 0 Å². The molecule has 6 heteroatoms. The summed E-state index contributed by atoms with van der Waals surface area (Å²) in [5, 5.41) is 21.0. The Morgan fingerprint density at radius 2 is 1.80 bits per heavy atom. The van der Waals surface area contributed by atoms with E-state index in [4.69, 9.17) is 4.74 Å². The zero-order valence-corrected chi connectivity index (χ0v) is 11.9. The van der Waals surface area contributed by atoms with E-state index in [1.165, 1.54) is 19.1 Å². The summed E-state index contributed by atoms with van der Waals surface area (Å²) >= 11 is 0.